The first kappa shape index (κ1) is 10.0. The van der Waals surface area contributed by atoms with Gasteiger partial charge in [-0.05, 0) is 24.1 Å². The SMILES string of the molecule is COc1cccc(C[C@H]2CCC(=O)O2)c1. The highest BCUT2D eigenvalue weighted by Crippen LogP contribution is 2.20. The van der Waals surface area contributed by atoms with E-state index >= 15 is 0 Å². The van der Waals surface area contributed by atoms with Gasteiger partial charge in [0.2, 0.25) is 0 Å². The predicted octanol–water partition coefficient (Wildman–Crippen LogP) is 1.94. The van der Waals surface area contributed by atoms with Crippen molar-refractivity contribution >= 4 is 5.97 Å². The van der Waals surface area contributed by atoms with E-state index in [-0.39, 0.29) is 12.1 Å². The van der Waals surface area contributed by atoms with Gasteiger partial charge in [-0.1, -0.05) is 12.1 Å². The summed E-state index contributed by atoms with van der Waals surface area (Å²) in [6.45, 7) is 0. The van der Waals surface area contributed by atoms with Gasteiger partial charge in [0.05, 0.1) is 7.11 Å². The van der Waals surface area contributed by atoms with E-state index < -0.39 is 0 Å². The van der Waals surface area contributed by atoms with E-state index in [1.54, 1.807) is 7.11 Å². The molecule has 1 aliphatic rings. The maximum Gasteiger partial charge on any atom is 0.306 e. The third-order valence-corrected chi connectivity index (χ3v) is 2.57. The maximum absolute atomic E-state index is 10.9. The van der Waals surface area contributed by atoms with E-state index in [1.165, 1.54) is 0 Å². The van der Waals surface area contributed by atoms with Crippen LogP contribution in [0.2, 0.25) is 0 Å². The van der Waals surface area contributed by atoms with Gasteiger partial charge in [-0.25, -0.2) is 0 Å². The zero-order valence-corrected chi connectivity index (χ0v) is 8.73. The summed E-state index contributed by atoms with van der Waals surface area (Å²) in [5, 5.41) is 0. The highest BCUT2D eigenvalue weighted by Gasteiger charge is 2.23. The molecule has 0 unspecified atom stereocenters. The smallest absolute Gasteiger partial charge is 0.306 e. The van der Waals surface area contributed by atoms with Crippen LogP contribution in [0.1, 0.15) is 18.4 Å². The molecule has 0 aromatic heterocycles. The van der Waals surface area contributed by atoms with Gasteiger partial charge in [0.25, 0.3) is 0 Å². The molecule has 2 rings (SSSR count). The lowest BCUT2D eigenvalue weighted by Gasteiger charge is -2.09. The van der Waals surface area contributed by atoms with Crippen LogP contribution in [0.15, 0.2) is 24.3 Å². The molecule has 1 atom stereocenters. The van der Waals surface area contributed by atoms with Gasteiger partial charge in [0.15, 0.2) is 0 Å². The monoisotopic (exact) mass is 206 g/mol. The number of cyclic esters (lactones) is 1. The Balaban J connectivity index is 2.01. The van der Waals surface area contributed by atoms with E-state index in [2.05, 4.69) is 0 Å². The summed E-state index contributed by atoms with van der Waals surface area (Å²) in [7, 11) is 1.65. The van der Waals surface area contributed by atoms with Crippen molar-refractivity contribution in [1.29, 1.82) is 0 Å². The Morgan fingerprint density at radius 3 is 3.07 bits per heavy atom. The third kappa shape index (κ3) is 2.49. The molecule has 0 bridgehead atoms. The fraction of sp³-hybridized carbons (Fsp3) is 0.417. The van der Waals surface area contributed by atoms with Crippen molar-refractivity contribution in [2.24, 2.45) is 0 Å². The van der Waals surface area contributed by atoms with Crippen molar-refractivity contribution in [3.8, 4) is 5.75 Å². The summed E-state index contributed by atoms with van der Waals surface area (Å²) in [5.41, 5.74) is 1.15. The van der Waals surface area contributed by atoms with Crippen LogP contribution in [0.25, 0.3) is 0 Å². The zero-order chi connectivity index (χ0) is 10.7. The molecule has 15 heavy (non-hydrogen) atoms. The summed E-state index contributed by atoms with van der Waals surface area (Å²) in [4.78, 5) is 10.9. The van der Waals surface area contributed by atoms with E-state index in [0.29, 0.717) is 6.42 Å². The van der Waals surface area contributed by atoms with Crippen LogP contribution in [0.4, 0.5) is 0 Å². The molecule has 3 heteroatoms. The fourth-order valence-corrected chi connectivity index (χ4v) is 1.79. The Hall–Kier alpha value is -1.51. The molecular formula is C12H14O3. The Bertz CT molecular complexity index is 360. The molecule has 80 valence electrons. The lowest BCUT2D eigenvalue weighted by Crippen LogP contribution is -2.10. The first-order valence-electron chi connectivity index (χ1n) is 5.10. The van der Waals surface area contributed by atoms with Gasteiger partial charge in [-0.3, -0.25) is 4.79 Å². The van der Waals surface area contributed by atoms with Crippen molar-refractivity contribution in [3.05, 3.63) is 29.8 Å². The molecule has 0 aliphatic carbocycles. The fourth-order valence-electron chi connectivity index (χ4n) is 1.79. The molecule has 0 radical (unpaired) electrons. The average Bonchev–Trinajstić information content (AvgIpc) is 2.64. The average molecular weight is 206 g/mol. The molecule has 1 aromatic carbocycles. The van der Waals surface area contributed by atoms with E-state index in [4.69, 9.17) is 9.47 Å². The number of benzene rings is 1. The summed E-state index contributed by atoms with van der Waals surface area (Å²) in [6, 6.07) is 7.86. The van der Waals surface area contributed by atoms with Gasteiger partial charge in [-0.2, -0.15) is 0 Å². The Labute approximate surface area is 89.0 Å². The summed E-state index contributed by atoms with van der Waals surface area (Å²) >= 11 is 0. The second-order valence-electron chi connectivity index (χ2n) is 3.71. The Morgan fingerprint density at radius 2 is 2.40 bits per heavy atom. The minimum absolute atomic E-state index is 0.0459. The highest BCUT2D eigenvalue weighted by atomic mass is 16.5. The third-order valence-electron chi connectivity index (χ3n) is 2.57. The summed E-state index contributed by atoms with van der Waals surface area (Å²) in [6.07, 6.45) is 2.21. The topological polar surface area (TPSA) is 35.5 Å². The van der Waals surface area contributed by atoms with E-state index in [1.807, 2.05) is 24.3 Å². The van der Waals surface area contributed by atoms with E-state index in [0.717, 1.165) is 24.2 Å². The minimum atomic E-state index is -0.0807. The number of esters is 1. The predicted molar refractivity (Wildman–Crippen MR) is 55.8 cm³/mol. The van der Waals surface area contributed by atoms with Crippen LogP contribution in [0.3, 0.4) is 0 Å². The van der Waals surface area contributed by atoms with Gasteiger partial charge in [0.1, 0.15) is 11.9 Å². The van der Waals surface area contributed by atoms with Crippen LogP contribution in [-0.2, 0) is 16.0 Å². The molecule has 1 aliphatic heterocycles. The normalized spacial score (nSPS) is 20.1. The maximum atomic E-state index is 10.9. The van der Waals surface area contributed by atoms with Gasteiger partial charge in [-0.15, -0.1) is 0 Å². The summed E-state index contributed by atoms with van der Waals surface area (Å²) in [5.74, 6) is 0.764. The first-order valence-corrected chi connectivity index (χ1v) is 5.10. The van der Waals surface area contributed by atoms with Gasteiger partial charge < -0.3 is 9.47 Å². The number of methoxy groups -OCH3 is 1. The lowest BCUT2D eigenvalue weighted by molar-refractivity contribution is -0.141. The molecule has 3 nitrogen and oxygen atoms in total. The van der Waals surface area contributed by atoms with Gasteiger partial charge in [0, 0.05) is 12.8 Å². The lowest BCUT2D eigenvalue weighted by atomic mass is 10.1. The molecule has 0 amide bonds. The molecule has 0 spiro atoms. The number of ether oxygens (including phenoxy) is 2. The van der Waals surface area contributed by atoms with Crippen LogP contribution >= 0.6 is 0 Å². The largest absolute Gasteiger partial charge is 0.497 e. The highest BCUT2D eigenvalue weighted by molar-refractivity contribution is 5.71. The molecule has 1 aromatic rings. The standard InChI is InChI=1S/C12H14O3/c1-14-10-4-2-3-9(7-10)8-11-5-6-12(13)15-11/h2-4,7,11H,5-6,8H2,1H3/t11-/m1/s1. The van der Waals surface area contributed by atoms with E-state index in [9.17, 15) is 4.79 Å². The van der Waals surface area contributed by atoms with Crippen molar-refractivity contribution < 1.29 is 14.3 Å². The Morgan fingerprint density at radius 1 is 1.53 bits per heavy atom. The number of carbonyl (C=O) groups excluding carboxylic acids is 1. The summed E-state index contributed by atoms with van der Waals surface area (Å²) < 4.78 is 10.3. The van der Waals surface area contributed by atoms with Gasteiger partial charge >= 0.3 is 5.97 Å². The van der Waals surface area contributed by atoms with Crippen molar-refractivity contribution in [1.82, 2.24) is 0 Å². The number of hydrogen-bond acceptors (Lipinski definition) is 3. The molecule has 1 saturated heterocycles. The van der Waals surface area contributed by atoms with Crippen LogP contribution in [0.5, 0.6) is 5.75 Å². The number of rotatable bonds is 3. The quantitative estimate of drug-likeness (QED) is 0.709. The second kappa shape index (κ2) is 4.34. The molecule has 0 N–H and O–H groups in total. The zero-order valence-electron chi connectivity index (χ0n) is 8.73. The number of carbonyl (C=O) groups is 1. The number of hydrogen-bond donors (Lipinski definition) is 0. The minimum Gasteiger partial charge on any atom is -0.497 e. The van der Waals surface area contributed by atoms with Crippen LogP contribution < -0.4 is 4.74 Å². The van der Waals surface area contributed by atoms with Crippen molar-refractivity contribution in [3.63, 3.8) is 0 Å². The van der Waals surface area contributed by atoms with Crippen molar-refractivity contribution in [2.75, 3.05) is 7.11 Å². The second-order valence-corrected chi connectivity index (χ2v) is 3.71. The Kier molecular flexibility index (Phi) is 2.90. The first-order chi connectivity index (χ1) is 7.28. The molecule has 0 saturated carbocycles. The molecule has 1 heterocycles. The molecule has 1 fully saturated rings. The molecular weight excluding hydrogens is 192 g/mol. The van der Waals surface area contributed by atoms with Crippen LogP contribution in [0, 0.1) is 0 Å². The van der Waals surface area contributed by atoms with Crippen molar-refractivity contribution in [2.45, 2.75) is 25.4 Å². The van der Waals surface area contributed by atoms with Crippen LogP contribution in [-0.4, -0.2) is 19.2 Å².